The predicted octanol–water partition coefficient (Wildman–Crippen LogP) is -0.316. The van der Waals surface area contributed by atoms with Gasteiger partial charge in [-0.25, -0.2) is 14.5 Å². The van der Waals surface area contributed by atoms with E-state index < -0.39 is 39.0 Å². The largest absolute Gasteiger partial charge is 0.469 e. The zero-order valence-corrected chi connectivity index (χ0v) is 13.8. The number of imidazole rings is 1. The van der Waals surface area contributed by atoms with E-state index in [0.29, 0.717) is 0 Å². The van der Waals surface area contributed by atoms with Crippen molar-refractivity contribution < 1.29 is 33.8 Å². The standard InChI is InChI=1S/C11H14N7O7P/c12-4-1-2-14-9-6(4)15-11(16-17-13)18(9)10-8(20)7(19)5(25-10)3-24-26(21,22)23/h1-2,5,7-8,10,19-20H,3H2,(H2,12,14)(H2,21,22,23)/t5-,7-,8-,10?/m1/s1. The smallest absolute Gasteiger partial charge is 0.397 e. The van der Waals surface area contributed by atoms with E-state index in [4.69, 9.17) is 25.8 Å². The Kier molecular flexibility index (Phi) is 4.84. The molecule has 14 nitrogen and oxygen atoms in total. The van der Waals surface area contributed by atoms with Gasteiger partial charge in [-0.1, -0.05) is 0 Å². The average molecular weight is 387 g/mol. The summed E-state index contributed by atoms with van der Waals surface area (Å²) < 4.78 is 21.7. The highest BCUT2D eigenvalue weighted by Gasteiger charge is 2.46. The lowest BCUT2D eigenvalue weighted by atomic mass is 10.1. The fourth-order valence-corrected chi connectivity index (χ4v) is 2.93. The van der Waals surface area contributed by atoms with Crippen molar-refractivity contribution in [2.24, 2.45) is 5.11 Å². The van der Waals surface area contributed by atoms with E-state index in [0.717, 1.165) is 4.57 Å². The summed E-state index contributed by atoms with van der Waals surface area (Å²) in [5, 5.41) is 23.8. The first-order valence-corrected chi connectivity index (χ1v) is 8.65. The first kappa shape index (κ1) is 18.5. The molecule has 1 saturated heterocycles. The van der Waals surface area contributed by atoms with Crippen molar-refractivity contribution in [3.63, 3.8) is 0 Å². The van der Waals surface area contributed by atoms with Crippen LogP contribution in [0.25, 0.3) is 21.6 Å². The maximum Gasteiger partial charge on any atom is 0.469 e. The maximum atomic E-state index is 10.8. The van der Waals surface area contributed by atoms with Gasteiger partial charge < -0.3 is 30.5 Å². The highest BCUT2D eigenvalue weighted by atomic mass is 31.2. The summed E-state index contributed by atoms with van der Waals surface area (Å²) in [5.74, 6) is -0.222. The van der Waals surface area contributed by atoms with Crippen LogP contribution in [0.3, 0.4) is 0 Å². The Morgan fingerprint density at radius 1 is 1.46 bits per heavy atom. The summed E-state index contributed by atoms with van der Waals surface area (Å²) in [5.41, 5.74) is 15.1. The van der Waals surface area contributed by atoms with E-state index >= 15 is 0 Å². The molecule has 1 fully saturated rings. The van der Waals surface area contributed by atoms with E-state index in [9.17, 15) is 14.8 Å². The van der Waals surface area contributed by atoms with Gasteiger partial charge in [0.1, 0.15) is 23.8 Å². The lowest BCUT2D eigenvalue weighted by molar-refractivity contribution is -0.0495. The van der Waals surface area contributed by atoms with E-state index in [2.05, 4.69) is 24.5 Å². The molecule has 4 atom stereocenters. The Bertz CT molecular complexity index is 923. The lowest BCUT2D eigenvalue weighted by Gasteiger charge is -2.18. The third kappa shape index (κ3) is 3.35. The van der Waals surface area contributed by atoms with Crippen molar-refractivity contribution in [1.29, 1.82) is 0 Å². The normalized spacial score (nSPS) is 26.2. The molecular weight excluding hydrogens is 373 g/mol. The van der Waals surface area contributed by atoms with Gasteiger partial charge in [-0.05, 0) is 16.7 Å². The second kappa shape index (κ2) is 6.79. The highest BCUT2D eigenvalue weighted by Crippen LogP contribution is 2.40. The molecule has 26 heavy (non-hydrogen) atoms. The van der Waals surface area contributed by atoms with Crippen LogP contribution in [-0.2, 0) is 13.8 Å². The number of phosphoric ester groups is 1. The average Bonchev–Trinajstić information content (AvgIpc) is 3.05. The second-order valence-corrected chi connectivity index (χ2v) is 6.62. The molecule has 15 heteroatoms. The minimum Gasteiger partial charge on any atom is -0.397 e. The minimum absolute atomic E-state index is 0.125. The fourth-order valence-electron chi connectivity index (χ4n) is 2.59. The molecule has 0 bridgehead atoms. The zero-order chi connectivity index (χ0) is 19.1. The van der Waals surface area contributed by atoms with Crippen molar-refractivity contribution in [2.45, 2.75) is 24.5 Å². The molecule has 0 amide bonds. The van der Waals surface area contributed by atoms with Crippen LogP contribution in [0.15, 0.2) is 17.4 Å². The van der Waals surface area contributed by atoms with Crippen molar-refractivity contribution >= 4 is 30.6 Å². The Balaban J connectivity index is 2.00. The van der Waals surface area contributed by atoms with Crippen LogP contribution >= 0.6 is 7.82 Å². The van der Waals surface area contributed by atoms with Gasteiger partial charge in [0.2, 0.25) is 5.95 Å². The van der Waals surface area contributed by atoms with Crippen LogP contribution in [0.1, 0.15) is 6.23 Å². The Morgan fingerprint density at radius 3 is 2.85 bits per heavy atom. The molecule has 3 rings (SSSR count). The lowest BCUT2D eigenvalue weighted by Crippen LogP contribution is -2.33. The highest BCUT2D eigenvalue weighted by molar-refractivity contribution is 7.46. The van der Waals surface area contributed by atoms with E-state index in [1.165, 1.54) is 12.3 Å². The molecule has 1 unspecified atom stereocenters. The van der Waals surface area contributed by atoms with Crippen LogP contribution in [-0.4, -0.2) is 59.5 Å². The number of anilines is 1. The molecule has 6 N–H and O–H groups in total. The molecule has 3 heterocycles. The molecule has 2 aromatic heterocycles. The third-order valence-corrected chi connectivity index (χ3v) is 4.21. The summed E-state index contributed by atoms with van der Waals surface area (Å²) in [4.78, 5) is 28.3. The topological polar surface area (TPSA) is 222 Å². The van der Waals surface area contributed by atoms with Gasteiger partial charge in [0, 0.05) is 11.1 Å². The summed E-state index contributed by atoms with van der Waals surface area (Å²) in [6, 6.07) is 1.47. The monoisotopic (exact) mass is 387 g/mol. The number of aliphatic hydroxyl groups is 2. The molecule has 1 aliphatic heterocycles. The number of rotatable bonds is 5. The Morgan fingerprint density at radius 2 is 2.19 bits per heavy atom. The Labute approximate surface area is 144 Å². The van der Waals surface area contributed by atoms with Gasteiger partial charge >= 0.3 is 7.82 Å². The molecule has 0 aliphatic carbocycles. The number of azide groups is 1. The van der Waals surface area contributed by atoms with Crippen molar-refractivity contribution in [3.05, 3.63) is 22.7 Å². The van der Waals surface area contributed by atoms with Crippen LogP contribution in [0.4, 0.5) is 11.6 Å². The molecule has 0 radical (unpaired) electrons. The van der Waals surface area contributed by atoms with Crippen LogP contribution in [0, 0.1) is 0 Å². The van der Waals surface area contributed by atoms with Crippen LogP contribution in [0.2, 0.25) is 0 Å². The summed E-state index contributed by atoms with van der Waals surface area (Å²) in [6.07, 6.45) is -4.30. The molecule has 1 aliphatic rings. The summed E-state index contributed by atoms with van der Waals surface area (Å²) in [7, 11) is -4.80. The van der Waals surface area contributed by atoms with Crippen molar-refractivity contribution in [2.75, 3.05) is 12.3 Å². The van der Waals surface area contributed by atoms with E-state index in [-0.39, 0.29) is 22.8 Å². The van der Waals surface area contributed by atoms with Gasteiger partial charge in [-0.3, -0.25) is 9.09 Å². The molecule has 0 aromatic carbocycles. The number of ether oxygens (including phenoxy) is 1. The number of nitrogens with two attached hydrogens (primary N) is 1. The van der Waals surface area contributed by atoms with Crippen LogP contribution in [0.5, 0.6) is 0 Å². The second-order valence-electron chi connectivity index (χ2n) is 5.38. The predicted molar refractivity (Wildman–Crippen MR) is 84.7 cm³/mol. The first-order chi connectivity index (χ1) is 12.2. The number of nitrogens with zero attached hydrogens (tertiary/aromatic N) is 6. The van der Waals surface area contributed by atoms with Gasteiger partial charge in [-0.2, -0.15) is 0 Å². The number of aromatic nitrogens is 3. The number of fused-ring (bicyclic) bond motifs is 1. The maximum absolute atomic E-state index is 10.8. The number of pyridine rings is 1. The number of hydrogen-bond donors (Lipinski definition) is 5. The molecule has 0 saturated carbocycles. The van der Waals surface area contributed by atoms with Gasteiger partial charge in [-0.15, -0.1) is 0 Å². The number of aliphatic hydroxyl groups excluding tert-OH is 2. The van der Waals surface area contributed by atoms with E-state index in [1.807, 2.05) is 0 Å². The van der Waals surface area contributed by atoms with Crippen molar-refractivity contribution in [1.82, 2.24) is 14.5 Å². The van der Waals surface area contributed by atoms with Gasteiger partial charge in [0.15, 0.2) is 11.9 Å². The van der Waals surface area contributed by atoms with Crippen molar-refractivity contribution in [3.8, 4) is 0 Å². The number of phosphoric acid groups is 1. The summed E-state index contributed by atoms with van der Waals surface area (Å²) in [6.45, 7) is -0.682. The van der Waals surface area contributed by atoms with Crippen LogP contribution < -0.4 is 5.73 Å². The molecule has 140 valence electrons. The van der Waals surface area contributed by atoms with E-state index in [1.54, 1.807) is 0 Å². The summed E-state index contributed by atoms with van der Waals surface area (Å²) >= 11 is 0. The SMILES string of the molecule is [N-]=[N+]=Nc1nc2c(N)ccnc2n1C1O[C@H](COP(=O)(O)O)[C@@H](O)[C@H]1O. The van der Waals surface area contributed by atoms with Gasteiger partial charge in [0.25, 0.3) is 0 Å². The fraction of sp³-hybridized carbons (Fsp3) is 0.455. The third-order valence-electron chi connectivity index (χ3n) is 3.72. The zero-order valence-electron chi connectivity index (χ0n) is 12.9. The molecule has 2 aromatic rings. The number of nitrogen functional groups attached to an aromatic ring is 1. The quantitative estimate of drug-likeness (QED) is 0.195. The molecule has 0 spiro atoms. The minimum atomic E-state index is -4.80. The Hall–Kier alpha value is -2.28. The molecular formula is C11H14N7O7P. The van der Waals surface area contributed by atoms with Gasteiger partial charge in [0.05, 0.1) is 12.3 Å². The number of hydrogen-bond acceptors (Lipinski definition) is 9. The first-order valence-electron chi connectivity index (χ1n) is 7.12.